The SMILES string of the molecule is C[C@@H](c1nccs1)N1C(=O)c2cccc(N3CCC[C@@H](C(=O)NC4CCCCC4)C3)c2C1=O. The molecule has 3 amide bonds. The van der Waals surface area contributed by atoms with E-state index in [-0.39, 0.29) is 23.6 Å². The Kier molecular flexibility index (Phi) is 6.19. The summed E-state index contributed by atoms with van der Waals surface area (Å²) in [5, 5.41) is 5.85. The highest BCUT2D eigenvalue weighted by Crippen LogP contribution is 2.38. The third-order valence-electron chi connectivity index (χ3n) is 7.20. The Morgan fingerprint density at radius 2 is 1.94 bits per heavy atom. The van der Waals surface area contributed by atoms with Crippen LogP contribution in [0.15, 0.2) is 29.8 Å². The molecule has 1 saturated heterocycles. The number of benzene rings is 1. The molecule has 3 heterocycles. The van der Waals surface area contributed by atoms with Crippen molar-refractivity contribution in [3.05, 3.63) is 45.9 Å². The molecule has 5 rings (SSSR count). The van der Waals surface area contributed by atoms with Crippen LogP contribution in [0.3, 0.4) is 0 Å². The summed E-state index contributed by atoms with van der Waals surface area (Å²) in [6, 6.07) is 5.35. The Balaban J connectivity index is 1.35. The van der Waals surface area contributed by atoms with Gasteiger partial charge in [0.1, 0.15) is 5.01 Å². The van der Waals surface area contributed by atoms with Gasteiger partial charge in [0.25, 0.3) is 11.8 Å². The average molecular weight is 467 g/mol. The molecule has 0 spiro atoms. The molecule has 174 valence electrons. The number of piperidine rings is 1. The standard InChI is InChI=1S/C25H30N4O3S/c1-16(23-26-12-14-33-23)29-24(31)19-10-5-11-20(21(19)25(29)32)28-13-6-7-17(15-28)22(30)27-18-8-3-2-4-9-18/h5,10-12,14,16-18H,2-4,6-9,13,15H2,1H3,(H,27,30)/t16-,17+/m0/s1. The summed E-state index contributed by atoms with van der Waals surface area (Å²) in [4.78, 5) is 47.4. The number of nitrogens with zero attached hydrogens (tertiary/aromatic N) is 3. The van der Waals surface area contributed by atoms with Crippen LogP contribution in [0.2, 0.25) is 0 Å². The Morgan fingerprint density at radius 3 is 2.70 bits per heavy atom. The maximum absolute atomic E-state index is 13.5. The maximum atomic E-state index is 13.5. The number of hydrogen-bond acceptors (Lipinski definition) is 6. The van der Waals surface area contributed by atoms with E-state index in [1.165, 1.54) is 35.5 Å². The van der Waals surface area contributed by atoms with Crippen LogP contribution in [0.4, 0.5) is 5.69 Å². The predicted octanol–water partition coefficient (Wildman–Crippen LogP) is 4.17. The largest absolute Gasteiger partial charge is 0.370 e. The fourth-order valence-corrected chi connectivity index (χ4v) is 6.11. The highest BCUT2D eigenvalue weighted by Gasteiger charge is 2.42. The summed E-state index contributed by atoms with van der Waals surface area (Å²) >= 11 is 1.44. The van der Waals surface area contributed by atoms with Crippen molar-refractivity contribution < 1.29 is 14.4 Å². The molecule has 2 fully saturated rings. The van der Waals surface area contributed by atoms with Crippen molar-refractivity contribution in [3.8, 4) is 0 Å². The molecule has 33 heavy (non-hydrogen) atoms. The van der Waals surface area contributed by atoms with Gasteiger partial charge in [-0.1, -0.05) is 25.3 Å². The molecule has 0 unspecified atom stereocenters. The zero-order valence-corrected chi connectivity index (χ0v) is 19.8. The third kappa shape index (κ3) is 4.16. The summed E-state index contributed by atoms with van der Waals surface area (Å²) in [6.45, 7) is 3.18. The van der Waals surface area contributed by atoms with Gasteiger partial charge in [0.05, 0.1) is 28.8 Å². The smallest absolute Gasteiger partial charge is 0.264 e. The summed E-state index contributed by atoms with van der Waals surface area (Å²) in [6.07, 6.45) is 9.18. The number of nitrogens with one attached hydrogen (secondary N) is 1. The van der Waals surface area contributed by atoms with E-state index in [0.29, 0.717) is 23.7 Å². The molecule has 3 aliphatic rings. The van der Waals surface area contributed by atoms with E-state index in [4.69, 9.17) is 0 Å². The number of rotatable bonds is 5. The van der Waals surface area contributed by atoms with Crippen molar-refractivity contribution >= 4 is 34.7 Å². The highest BCUT2D eigenvalue weighted by molar-refractivity contribution is 7.09. The minimum atomic E-state index is -0.416. The zero-order valence-electron chi connectivity index (χ0n) is 19.0. The first kappa shape index (κ1) is 22.1. The van der Waals surface area contributed by atoms with Gasteiger partial charge in [-0.3, -0.25) is 19.3 Å². The minimum absolute atomic E-state index is 0.103. The normalized spacial score (nSPS) is 22.4. The number of carbonyl (C=O) groups is 3. The minimum Gasteiger partial charge on any atom is -0.370 e. The van der Waals surface area contributed by atoms with Gasteiger partial charge >= 0.3 is 0 Å². The van der Waals surface area contributed by atoms with E-state index in [1.807, 2.05) is 24.4 Å². The number of amides is 3. The lowest BCUT2D eigenvalue weighted by Gasteiger charge is -2.35. The van der Waals surface area contributed by atoms with Gasteiger partial charge < -0.3 is 10.2 Å². The van der Waals surface area contributed by atoms with E-state index in [9.17, 15) is 14.4 Å². The molecule has 0 radical (unpaired) electrons. The number of anilines is 1. The fraction of sp³-hybridized carbons (Fsp3) is 0.520. The zero-order chi connectivity index (χ0) is 22.9. The number of imide groups is 1. The molecule has 2 aromatic rings. The molecule has 1 aromatic heterocycles. The van der Waals surface area contributed by atoms with Crippen molar-refractivity contribution in [3.63, 3.8) is 0 Å². The number of thiazole rings is 1. The lowest BCUT2D eigenvalue weighted by Crippen LogP contribution is -2.46. The van der Waals surface area contributed by atoms with Crippen LogP contribution in [0.5, 0.6) is 0 Å². The van der Waals surface area contributed by atoms with Crippen molar-refractivity contribution in [1.29, 1.82) is 0 Å². The van der Waals surface area contributed by atoms with Crippen LogP contribution in [0, 0.1) is 5.92 Å². The van der Waals surface area contributed by atoms with Gasteiger partial charge in [-0.15, -0.1) is 11.3 Å². The lowest BCUT2D eigenvalue weighted by molar-refractivity contribution is -0.126. The maximum Gasteiger partial charge on any atom is 0.264 e. The summed E-state index contributed by atoms with van der Waals surface area (Å²) in [5.41, 5.74) is 1.66. The van der Waals surface area contributed by atoms with Gasteiger partial charge in [-0.05, 0) is 44.7 Å². The Morgan fingerprint density at radius 1 is 1.12 bits per heavy atom. The van der Waals surface area contributed by atoms with Gasteiger partial charge in [0, 0.05) is 30.7 Å². The Labute approximate surface area is 198 Å². The first-order valence-corrected chi connectivity index (χ1v) is 12.9. The van der Waals surface area contributed by atoms with Gasteiger partial charge in [-0.2, -0.15) is 0 Å². The van der Waals surface area contributed by atoms with Gasteiger partial charge in [0.2, 0.25) is 5.91 Å². The second-order valence-corrected chi connectivity index (χ2v) is 10.3. The molecule has 2 atom stereocenters. The quantitative estimate of drug-likeness (QED) is 0.669. The summed E-state index contributed by atoms with van der Waals surface area (Å²) < 4.78 is 0. The van der Waals surface area contributed by atoms with Crippen molar-refractivity contribution in [1.82, 2.24) is 15.2 Å². The highest BCUT2D eigenvalue weighted by atomic mass is 32.1. The van der Waals surface area contributed by atoms with Crippen LogP contribution < -0.4 is 10.2 Å². The van der Waals surface area contributed by atoms with Crippen LogP contribution in [-0.4, -0.2) is 46.7 Å². The molecule has 1 aliphatic carbocycles. The topological polar surface area (TPSA) is 82.6 Å². The Bertz CT molecular complexity index is 1050. The van der Waals surface area contributed by atoms with Crippen LogP contribution in [0.25, 0.3) is 0 Å². The average Bonchev–Trinajstić information content (AvgIpc) is 3.47. The molecule has 1 saturated carbocycles. The summed E-state index contributed by atoms with van der Waals surface area (Å²) in [7, 11) is 0. The molecule has 1 aromatic carbocycles. The number of aromatic nitrogens is 1. The van der Waals surface area contributed by atoms with E-state index in [0.717, 1.165) is 42.9 Å². The van der Waals surface area contributed by atoms with Crippen LogP contribution in [-0.2, 0) is 4.79 Å². The first-order chi connectivity index (χ1) is 16.0. The third-order valence-corrected chi connectivity index (χ3v) is 8.15. The van der Waals surface area contributed by atoms with E-state index in [2.05, 4.69) is 15.2 Å². The molecule has 2 aliphatic heterocycles. The van der Waals surface area contributed by atoms with Crippen molar-refractivity contribution in [2.75, 3.05) is 18.0 Å². The van der Waals surface area contributed by atoms with E-state index < -0.39 is 6.04 Å². The predicted molar refractivity (Wildman–Crippen MR) is 127 cm³/mol. The molecular formula is C25H30N4O3S. The first-order valence-electron chi connectivity index (χ1n) is 12.0. The second-order valence-electron chi connectivity index (χ2n) is 9.36. The van der Waals surface area contributed by atoms with Gasteiger partial charge in [0.15, 0.2) is 0 Å². The van der Waals surface area contributed by atoms with E-state index in [1.54, 1.807) is 12.3 Å². The summed E-state index contributed by atoms with van der Waals surface area (Å²) in [5.74, 6) is -0.528. The van der Waals surface area contributed by atoms with Crippen LogP contribution >= 0.6 is 11.3 Å². The number of hydrogen-bond donors (Lipinski definition) is 1. The monoisotopic (exact) mass is 466 g/mol. The van der Waals surface area contributed by atoms with Gasteiger partial charge in [-0.25, -0.2) is 4.98 Å². The fourth-order valence-electron chi connectivity index (χ4n) is 5.43. The molecular weight excluding hydrogens is 436 g/mol. The molecule has 7 nitrogen and oxygen atoms in total. The molecule has 0 bridgehead atoms. The van der Waals surface area contributed by atoms with Crippen molar-refractivity contribution in [2.24, 2.45) is 5.92 Å². The second kappa shape index (κ2) is 9.25. The van der Waals surface area contributed by atoms with Crippen LogP contribution in [0.1, 0.15) is 83.6 Å². The number of fused-ring (bicyclic) bond motifs is 1. The lowest BCUT2D eigenvalue weighted by atomic mass is 9.92. The van der Waals surface area contributed by atoms with E-state index >= 15 is 0 Å². The molecule has 8 heteroatoms. The van der Waals surface area contributed by atoms with Crippen molar-refractivity contribution in [2.45, 2.75) is 64.0 Å². The molecule has 1 N–H and O–H groups in total. The number of carbonyl (C=O) groups excluding carboxylic acids is 3. The Hall–Kier alpha value is -2.74.